The normalized spacial score (nSPS) is 25.8. The van der Waals surface area contributed by atoms with Crippen molar-refractivity contribution in [3.05, 3.63) is 11.8 Å². The molecule has 0 bridgehead atoms. The molecule has 0 radical (unpaired) electrons. The third kappa shape index (κ3) is 1.56. The SMILES string of the molecule is O=COCC1=CN2C(=O)C[C@@H]2SC1. The van der Waals surface area contributed by atoms with Crippen LogP contribution >= 0.6 is 11.8 Å². The summed E-state index contributed by atoms with van der Waals surface area (Å²) in [5.41, 5.74) is 0.987. The van der Waals surface area contributed by atoms with E-state index < -0.39 is 0 Å². The molecule has 2 aliphatic heterocycles. The fourth-order valence-corrected chi connectivity index (χ4v) is 2.52. The Morgan fingerprint density at radius 1 is 1.77 bits per heavy atom. The molecule has 0 aromatic rings. The number of rotatable bonds is 3. The minimum atomic E-state index is 0.154. The number of ether oxygens (including phenoxy) is 1. The second-order valence-corrected chi connectivity index (χ2v) is 4.13. The Morgan fingerprint density at radius 2 is 2.62 bits per heavy atom. The maximum absolute atomic E-state index is 11.0. The summed E-state index contributed by atoms with van der Waals surface area (Å²) in [5.74, 6) is 1.00. The van der Waals surface area contributed by atoms with Crippen LogP contribution in [0.5, 0.6) is 0 Å². The third-order valence-electron chi connectivity index (χ3n) is 2.07. The molecule has 1 fully saturated rings. The molecule has 0 saturated carbocycles. The molecule has 1 amide bonds. The first-order valence-electron chi connectivity index (χ1n) is 3.99. The van der Waals surface area contributed by atoms with Crippen LogP contribution in [-0.2, 0) is 14.3 Å². The molecular formula is C8H9NO3S. The second kappa shape index (κ2) is 3.41. The van der Waals surface area contributed by atoms with Crippen molar-refractivity contribution in [1.82, 2.24) is 4.90 Å². The minimum absolute atomic E-state index is 0.154. The molecule has 0 aliphatic carbocycles. The number of fused-ring (bicyclic) bond motifs is 1. The second-order valence-electron chi connectivity index (χ2n) is 2.97. The van der Waals surface area contributed by atoms with Gasteiger partial charge in [-0.2, -0.15) is 0 Å². The van der Waals surface area contributed by atoms with Gasteiger partial charge in [0.2, 0.25) is 5.91 Å². The summed E-state index contributed by atoms with van der Waals surface area (Å²) in [7, 11) is 0. The molecule has 70 valence electrons. The van der Waals surface area contributed by atoms with Gasteiger partial charge in [0.05, 0.1) is 11.8 Å². The number of hydrogen-bond donors (Lipinski definition) is 0. The number of amides is 1. The van der Waals surface area contributed by atoms with Crippen molar-refractivity contribution in [3.8, 4) is 0 Å². The monoisotopic (exact) mass is 199 g/mol. The van der Waals surface area contributed by atoms with Crippen LogP contribution in [0.3, 0.4) is 0 Å². The van der Waals surface area contributed by atoms with Gasteiger partial charge < -0.3 is 9.64 Å². The zero-order valence-electron chi connectivity index (χ0n) is 6.93. The maximum Gasteiger partial charge on any atom is 0.293 e. The van der Waals surface area contributed by atoms with Gasteiger partial charge >= 0.3 is 0 Å². The fraction of sp³-hybridized carbons (Fsp3) is 0.500. The number of thioether (sulfide) groups is 1. The lowest BCUT2D eigenvalue weighted by molar-refractivity contribution is -0.137. The number of β-lactam (4-membered cyclic amide) rings is 1. The van der Waals surface area contributed by atoms with Crippen LogP contribution in [0.1, 0.15) is 6.42 Å². The van der Waals surface area contributed by atoms with Crippen molar-refractivity contribution in [3.63, 3.8) is 0 Å². The first kappa shape index (κ1) is 8.62. The smallest absolute Gasteiger partial charge is 0.293 e. The summed E-state index contributed by atoms with van der Waals surface area (Å²) in [6.45, 7) is 0.725. The highest BCUT2D eigenvalue weighted by Gasteiger charge is 2.37. The molecule has 0 aromatic heterocycles. The van der Waals surface area contributed by atoms with E-state index in [9.17, 15) is 9.59 Å². The molecule has 0 aromatic carbocycles. The molecule has 2 heterocycles. The Kier molecular flexibility index (Phi) is 2.26. The van der Waals surface area contributed by atoms with Crippen LogP contribution < -0.4 is 0 Å². The van der Waals surface area contributed by atoms with E-state index in [0.717, 1.165) is 11.3 Å². The summed E-state index contributed by atoms with van der Waals surface area (Å²) >= 11 is 1.72. The van der Waals surface area contributed by atoms with E-state index >= 15 is 0 Å². The van der Waals surface area contributed by atoms with E-state index in [2.05, 4.69) is 4.74 Å². The molecule has 2 aliphatic rings. The van der Waals surface area contributed by atoms with Gasteiger partial charge in [-0.3, -0.25) is 9.59 Å². The van der Waals surface area contributed by atoms with Crippen LogP contribution in [0.2, 0.25) is 0 Å². The van der Waals surface area contributed by atoms with Crippen molar-refractivity contribution in [1.29, 1.82) is 0 Å². The molecule has 0 unspecified atom stereocenters. The zero-order chi connectivity index (χ0) is 9.26. The summed E-state index contributed by atoms with van der Waals surface area (Å²) in [5, 5.41) is 0.326. The predicted molar refractivity (Wildman–Crippen MR) is 47.8 cm³/mol. The molecule has 0 spiro atoms. The van der Waals surface area contributed by atoms with Gasteiger partial charge in [0.15, 0.2) is 0 Å². The van der Waals surface area contributed by atoms with Gasteiger partial charge in [-0.05, 0) is 5.57 Å². The average Bonchev–Trinajstić information content (AvgIpc) is 2.14. The lowest BCUT2D eigenvalue weighted by Crippen LogP contribution is -2.49. The van der Waals surface area contributed by atoms with Gasteiger partial charge in [0, 0.05) is 12.0 Å². The van der Waals surface area contributed by atoms with E-state index in [1.54, 1.807) is 22.9 Å². The highest BCUT2D eigenvalue weighted by Crippen LogP contribution is 2.35. The molecule has 4 nitrogen and oxygen atoms in total. The number of carbonyl (C=O) groups excluding carboxylic acids is 2. The van der Waals surface area contributed by atoms with Gasteiger partial charge in [0.25, 0.3) is 6.47 Å². The van der Waals surface area contributed by atoms with Gasteiger partial charge in [-0.15, -0.1) is 11.8 Å². The largest absolute Gasteiger partial charge is 0.463 e. The first-order chi connectivity index (χ1) is 6.31. The molecule has 1 atom stereocenters. The van der Waals surface area contributed by atoms with E-state index in [-0.39, 0.29) is 5.91 Å². The van der Waals surface area contributed by atoms with Crippen LogP contribution in [0.4, 0.5) is 0 Å². The van der Waals surface area contributed by atoms with Crippen molar-refractivity contribution in [2.45, 2.75) is 11.8 Å². The Hall–Kier alpha value is -0.970. The Bertz CT molecular complexity index is 277. The predicted octanol–water partition coefficient (Wildman–Crippen LogP) is 0.349. The summed E-state index contributed by atoms with van der Waals surface area (Å²) < 4.78 is 4.62. The molecule has 0 N–H and O–H groups in total. The number of hydrogen-bond acceptors (Lipinski definition) is 4. The standard InChI is InChI=1S/C8H9NO3S/c10-5-12-3-6-2-9-7(11)1-8(9)13-4-6/h2,5,8H,1,3-4H2/t8-/m0/s1. The molecule has 13 heavy (non-hydrogen) atoms. The van der Waals surface area contributed by atoms with E-state index in [1.165, 1.54) is 0 Å². The summed E-state index contributed by atoms with van der Waals surface area (Å²) in [6.07, 6.45) is 2.44. The Labute approximate surface area is 79.9 Å². The number of nitrogens with zero attached hydrogens (tertiary/aromatic N) is 1. The van der Waals surface area contributed by atoms with Gasteiger partial charge in [-0.1, -0.05) is 0 Å². The van der Waals surface area contributed by atoms with Crippen LogP contribution in [0.15, 0.2) is 11.8 Å². The van der Waals surface area contributed by atoms with Gasteiger partial charge in [0.1, 0.15) is 6.61 Å². The minimum Gasteiger partial charge on any atom is -0.463 e. The third-order valence-corrected chi connectivity index (χ3v) is 3.38. The Balaban J connectivity index is 1.97. The van der Waals surface area contributed by atoms with Crippen LogP contribution in [-0.4, -0.2) is 35.0 Å². The van der Waals surface area contributed by atoms with E-state index in [4.69, 9.17) is 0 Å². The topological polar surface area (TPSA) is 46.6 Å². The maximum atomic E-state index is 11.0. The number of carbonyl (C=O) groups is 2. The van der Waals surface area contributed by atoms with E-state index in [0.29, 0.717) is 24.9 Å². The summed E-state index contributed by atoms with van der Waals surface area (Å²) in [6, 6.07) is 0. The molecule has 5 heteroatoms. The van der Waals surface area contributed by atoms with Gasteiger partial charge in [-0.25, -0.2) is 0 Å². The van der Waals surface area contributed by atoms with E-state index in [1.807, 2.05) is 0 Å². The van der Waals surface area contributed by atoms with Crippen molar-refractivity contribution >= 4 is 24.1 Å². The van der Waals surface area contributed by atoms with Crippen LogP contribution in [0.25, 0.3) is 0 Å². The molecule has 1 saturated heterocycles. The quantitative estimate of drug-likeness (QED) is 0.486. The first-order valence-corrected chi connectivity index (χ1v) is 5.03. The van der Waals surface area contributed by atoms with Crippen molar-refractivity contribution in [2.75, 3.05) is 12.4 Å². The lowest BCUT2D eigenvalue weighted by atomic mass is 10.2. The summed E-state index contributed by atoms with van der Waals surface area (Å²) in [4.78, 5) is 22.7. The average molecular weight is 199 g/mol. The Morgan fingerprint density at radius 3 is 3.31 bits per heavy atom. The molecule has 2 rings (SSSR count). The highest BCUT2D eigenvalue weighted by atomic mass is 32.2. The lowest BCUT2D eigenvalue weighted by Gasteiger charge is -2.40. The highest BCUT2D eigenvalue weighted by molar-refractivity contribution is 8.00. The van der Waals surface area contributed by atoms with Crippen molar-refractivity contribution in [2.24, 2.45) is 0 Å². The zero-order valence-corrected chi connectivity index (χ0v) is 7.75. The van der Waals surface area contributed by atoms with Crippen LogP contribution in [0, 0.1) is 0 Å². The fourth-order valence-electron chi connectivity index (χ4n) is 1.35. The van der Waals surface area contributed by atoms with Crippen molar-refractivity contribution < 1.29 is 14.3 Å². The molecular weight excluding hydrogens is 190 g/mol.